The van der Waals surface area contributed by atoms with Crippen LogP contribution in [0.15, 0.2) is 54.9 Å². The van der Waals surface area contributed by atoms with Gasteiger partial charge in [0, 0.05) is 36.6 Å². The topological polar surface area (TPSA) is 61.9 Å². The number of aromatic amines is 1. The lowest BCUT2D eigenvalue weighted by Crippen LogP contribution is -2.28. The number of nitrogens with zero attached hydrogens (tertiary/aromatic N) is 3. The van der Waals surface area contributed by atoms with E-state index in [1.54, 1.807) is 36.5 Å². The molecule has 0 spiro atoms. The van der Waals surface area contributed by atoms with Crippen LogP contribution in [0.3, 0.4) is 0 Å². The largest absolute Gasteiger partial charge is 0.341 e. The number of carbonyl (C=O) groups excluding carboxylic acids is 1. The third kappa shape index (κ3) is 3.65. The van der Waals surface area contributed by atoms with Crippen LogP contribution < -0.4 is 0 Å². The van der Waals surface area contributed by atoms with Crippen LogP contribution in [0.25, 0.3) is 11.3 Å². The molecule has 0 radical (unpaired) electrons. The molecule has 6 heteroatoms. The number of pyridine rings is 1. The number of H-pyrrole nitrogens is 1. The highest BCUT2D eigenvalue weighted by molar-refractivity contribution is 5.78. The summed E-state index contributed by atoms with van der Waals surface area (Å²) in [5.74, 6) is -0.317. The summed E-state index contributed by atoms with van der Waals surface area (Å²) in [4.78, 5) is 18.1. The van der Waals surface area contributed by atoms with Crippen molar-refractivity contribution in [2.45, 2.75) is 13.0 Å². The van der Waals surface area contributed by atoms with Crippen LogP contribution in [0.5, 0.6) is 0 Å². The van der Waals surface area contributed by atoms with Crippen LogP contribution in [0.1, 0.15) is 11.3 Å². The number of likely N-dealkylation sites (N-methyl/N-ethyl adjacent to an activating group) is 1. The van der Waals surface area contributed by atoms with Crippen molar-refractivity contribution in [3.8, 4) is 11.3 Å². The van der Waals surface area contributed by atoms with Crippen molar-refractivity contribution in [3.05, 3.63) is 71.9 Å². The Morgan fingerprint density at radius 1 is 1.21 bits per heavy atom. The minimum atomic E-state index is -0.289. The SMILES string of the molecule is CN(Cc1cn[nH]c1-c1ccc(F)cc1)C(=O)Cc1ccccn1. The van der Waals surface area contributed by atoms with Gasteiger partial charge in [0.1, 0.15) is 5.82 Å². The average Bonchev–Trinajstić information content (AvgIpc) is 3.04. The third-order valence-electron chi connectivity index (χ3n) is 3.74. The van der Waals surface area contributed by atoms with Gasteiger partial charge in [0.25, 0.3) is 0 Å². The van der Waals surface area contributed by atoms with Gasteiger partial charge in [-0.25, -0.2) is 4.39 Å². The van der Waals surface area contributed by atoms with Gasteiger partial charge in [-0.05, 0) is 36.4 Å². The average molecular weight is 324 g/mol. The molecule has 24 heavy (non-hydrogen) atoms. The summed E-state index contributed by atoms with van der Waals surface area (Å²) in [5, 5.41) is 6.96. The summed E-state index contributed by atoms with van der Waals surface area (Å²) in [5.41, 5.74) is 3.22. The van der Waals surface area contributed by atoms with Gasteiger partial charge in [0.15, 0.2) is 0 Å². The van der Waals surface area contributed by atoms with E-state index < -0.39 is 0 Å². The van der Waals surface area contributed by atoms with Crippen molar-refractivity contribution in [3.63, 3.8) is 0 Å². The minimum Gasteiger partial charge on any atom is -0.341 e. The first-order chi connectivity index (χ1) is 11.6. The van der Waals surface area contributed by atoms with Crippen molar-refractivity contribution in [2.24, 2.45) is 0 Å². The zero-order valence-electron chi connectivity index (χ0n) is 13.2. The summed E-state index contributed by atoms with van der Waals surface area (Å²) in [7, 11) is 1.74. The number of amides is 1. The van der Waals surface area contributed by atoms with Gasteiger partial charge in [0.2, 0.25) is 5.91 Å². The normalized spacial score (nSPS) is 10.6. The Hall–Kier alpha value is -3.02. The van der Waals surface area contributed by atoms with E-state index in [4.69, 9.17) is 0 Å². The van der Waals surface area contributed by atoms with E-state index in [2.05, 4.69) is 15.2 Å². The third-order valence-corrected chi connectivity index (χ3v) is 3.74. The molecular weight excluding hydrogens is 307 g/mol. The number of nitrogens with one attached hydrogen (secondary N) is 1. The van der Waals surface area contributed by atoms with Crippen molar-refractivity contribution in [1.29, 1.82) is 0 Å². The molecule has 0 fully saturated rings. The predicted molar refractivity (Wildman–Crippen MR) is 88.4 cm³/mol. The molecule has 0 aliphatic rings. The Morgan fingerprint density at radius 3 is 2.71 bits per heavy atom. The molecule has 2 aromatic heterocycles. The fourth-order valence-corrected chi connectivity index (χ4v) is 2.43. The zero-order valence-corrected chi connectivity index (χ0v) is 13.2. The van der Waals surface area contributed by atoms with E-state index in [0.29, 0.717) is 6.54 Å². The Balaban J connectivity index is 1.71. The van der Waals surface area contributed by atoms with E-state index in [9.17, 15) is 9.18 Å². The summed E-state index contributed by atoms with van der Waals surface area (Å²) >= 11 is 0. The van der Waals surface area contributed by atoms with Crippen LogP contribution in [0, 0.1) is 5.82 Å². The summed E-state index contributed by atoms with van der Waals surface area (Å²) in [6, 6.07) is 11.7. The second-order valence-electron chi connectivity index (χ2n) is 5.52. The fourth-order valence-electron chi connectivity index (χ4n) is 2.43. The number of aromatic nitrogens is 3. The number of rotatable bonds is 5. The molecule has 1 N–H and O–H groups in total. The number of hydrogen-bond donors (Lipinski definition) is 1. The second-order valence-corrected chi connectivity index (χ2v) is 5.52. The molecule has 1 amide bonds. The maximum absolute atomic E-state index is 13.1. The fraction of sp³-hybridized carbons (Fsp3) is 0.167. The lowest BCUT2D eigenvalue weighted by molar-refractivity contribution is -0.129. The highest BCUT2D eigenvalue weighted by atomic mass is 19.1. The first-order valence-electron chi connectivity index (χ1n) is 7.55. The zero-order chi connectivity index (χ0) is 16.9. The molecule has 0 aliphatic carbocycles. The monoisotopic (exact) mass is 324 g/mol. The maximum Gasteiger partial charge on any atom is 0.228 e. The molecule has 0 atom stereocenters. The van der Waals surface area contributed by atoms with Crippen LogP contribution in [-0.2, 0) is 17.8 Å². The van der Waals surface area contributed by atoms with Gasteiger partial charge >= 0.3 is 0 Å². The second kappa shape index (κ2) is 7.04. The first-order valence-corrected chi connectivity index (χ1v) is 7.55. The van der Waals surface area contributed by atoms with E-state index in [1.165, 1.54) is 12.1 Å². The molecule has 0 aliphatic heterocycles. The lowest BCUT2D eigenvalue weighted by atomic mass is 10.1. The molecule has 0 unspecified atom stereocenters. The molecule has 5 nitrogen and oxygen atoms in total. The van der Waals surface area contributed by atoms with Crippen molar-refractivity contribution in [2.75, 3.05) is 7.05 Å². The molecule has 122 valence electrons. The quantitative estimate of drug-likeness (QED) is 0.785. The van der Waals surface area contributed by atoms with Crippen molar-refractivity contribution >= 4 is 5.91 Å². The molecule has 2 heterocycles. The highest BCUT2D eigenvalue weighted by Gasteiger charge is 2.15. The molecule has 3 rings (SSSR count). The Kier molecular flexibility index (Phi) is 4.65. The van der Waals surface area contributed by atoms with Crippen molar-refractivity contribution < 1.29 is 9.18 Å². The van der Waals surface area contributed by atoms with E-state index in [1.807, 2.05) is 18.2 Å². The number of carbonyl (C=O) groups is 1. The number of benzene rings is 1. The number of halogens is 1. The minimum absolute atomic E-state index is 0.0278. The van der Waals surface area contributed by atoms with Gasteiger partial charge in [-0.2, -0.15) is 5.10 Å². The highest BCUT2D eigenvalue weighted by Crippen LogP contribution is 2.22. The molecule has 1 aromatic carbocycles. The number of hydrogen-bond acceptors (Lipinski definition) is 3. The van der Waals surface area contributed by atoms with E-state index >= 15 is 0 Å². The van der Waals surface area contributed by atoms with Gasteiger partial charge in [-0.1, -0.05) is 6.07 Å². The predicted octanol–water partition coefficient (Wildman–Crippen LogP) is 2.81. The van der Waals surface area contributed by atoms with Gasteiger partial charge in [-0.3, -0.25) is 14.9 Å². The van der Waals surface area contributed by atoms with Crippen LogP contribution in [0.2, 0.25) is 0 Å². The summed E-state index contributed by atoms with van der Waals surface area (Å²) in [6.07, 6.45) is 3.61. The first kappa shape index (κ1) is 15.9. The molecule has 0 saturated carbocycles. The molecule has 0 saturated heterocycles. The van der Waals surface area contributed by atoms with E-state index in [-0.39, 0.29) is 18.1 Å². The van der Waals surface area contributed by atoms with Gasteiger partial charge in [0.05, 0.1) is 18.3 Å². The maximum atomic E-state index is 13.1. The van der Waals surface area contributed by atoms with Crippen molar-refractivity contribution in [1.82, 2.24) is 20.1 Å². The van der Waals surface area contributed by atoms with Gasteiger partial charge < -0.3 is 4.90 Å². The summed E-state index contributed by atoms with van der Waals surface area (Å²) < 4.78 is 13.1. The Labute approximate surface area is 139 Å². The Bertz CT molecular complexity index is 815. The lowest BCUT2D eigenvalue weighted by Gasteiger charge is -2.17. The van der Waals surface area contributed by atoms with E-state index in [0.717, 1.165) is 22.5 Å². The smallest absolute Gasteiger partial charge is 0.228 e. The summed E-state index contributed by atoms with van der Waals surface area (Å²) in [6.45, 7) is 0.412. The van der Waals surface area contributed by atoms with Gasteiger partial charge in [-0.15, -0.1) is 0 Å². The molecular formula is C18H17FN4O. The molecule has 3 aromatic rings. The van der Waals surface area contributed by atoms with Crippen LogP contribution in [0.4, 0.5) is 4.39 Å². The van der Waals surface area contributed by atoms with Crippen LogP contribution >= 0.6 is 0 Å². The Morgan fingerprint density at radius 2 is 2.00 bits per heavy atom. The van der Waals surface area contributed by atoms with Crippen LogP contribution in [-0.4, -0.2) is 33.0 Å². The standard InChI is InChI=1S/C18H17FN4O/c1-23(17(24)10-16-4-2-3-9-20-16)12-14-11-21-22-18(14)13-5-7-15(19)8-6-13/h2-9,11H,10,12H2,1H3,(H,21,22). The molecule has 0 bridgehead atoms.